The second kappa shape index (κ2) is 8.18. The Morgan fingerprint density at radius 1 is 1.43 bits per heavy atom. The lowest BCUT2D eigenvalue weighted by Crippen LogP contribution is -2.36. The van der Waals surface area contributed by atoms with Crippen molar-refractivity contribution in [1.82, 2.24) is 4.90 Å². The standard InChI is InChI=1S/C15H19NO5/c1-16(9-13(17)10-21-2)15(20)12-5-3-4-11(8-12)6-7-14(18)19/h3-8,13,17H,9-10H2,1-2H3,(H,18,19). The average molecular weight is 293 g/mol. The second-order valence-corrected chi connectivity index (χ2v) is 4.59. The van der Waals surface area contributed by atoms with E-state index in [9.17, 15) is 14.7 Å². The van der Waals surface area contributed by atoms with Gasteiger partial charge in [-0.05, 0) is 23.8 Å². The van der Waals surface area contributed by atoms with Gasteiger partial charge in [-0.15, -0.1) is 0 Å². The molecule has 0 saturated carbocycles. The number of aliphatic carboxylic acids is 1. The van der Waals surface area contributed by atoms with Crippen LogP contribution in [-0.4, -0.2) is 60.4 Å². The average Bonchev–Trinajstić information content (AvgIpc) is 2.44. The van der Waals surface area contributed by atoms with Gasteiger partial charge in [-0.1, -0.05) is 12.1 Å². The van der Waals surface area contributed by atoms with Gasteiger partial charge in [0, 0.05) is 32.3 Å². The summed E-state index contributed by atoms with van der Waals surface area (Å²) in [5, 5.41) is 18.2. The number of hydrogen-bond donors (Lipinski definition) is 2. The highest BCUT2D eigenvalue weighted by Gasteiger charge is 2.15. The van der Waals surface area contributed by atoms with Gasteiger partial charge in [-0.2, -0.15) is 0 Å². The van der Waals surface area contributed by atoms with Crippen LogP contribution in [0.5, 0.6) is 0 Å². The molecule has 1 unspecified atom stereocenters. The molecule has 1 aromatic carbocycles. The van der Waals surface area contributed by atoms with Gasteiger partial charge in [0.1, 0.15) is 0 Å². The monoisotopic (exact) mass is 293 g/mol. The summed E-state index contributed by atoms with van der Waals surface area (Å²) in [7, 11) is 3.06. The van der Waals surface area contributed by atoms with Gasteiger partial charge in [-0.3, -0.25) is 4.79 Å². The van der Waals surface area contributed by atoms with E-state index in [1.807, 2.05) is 0 Å². The molecule has 6 nitrogen and oxygen atoms in total. The number of ether oxygens (including phenoxy) is 1. The Balaban J connectivity index is 2.78. The highest BCUT2D eigenvalue weighted by Crippen LogP contribution is 2.10. The fourth-order valence-corrected chi connectivity index (χ4v) is 1.81. The highest BCUT2D eigenvalue weighted by molar-refractivity contribution is 5.95. The van der Waals surface area contributed by atoms with E-state index < -0.39 is 12.1 Å². The molecule has 1 aromatic rings. The molecule has 0 aliphatic heterocycles. The Kier molecular flexibility index (Phi) is 6.58. The van der Waals surface area contributed by atoms with Crippen LogP contribution in [0.3, 0.4) is 0 Å². The van der Waals surface area contributed by atoms with Crippen LogP contribution in [0, 0.1) is 0 Å². The van der Waals surface area contributed by atoms with Crippen molar-refractivity contribution >= 4 is 18.0 Å². The second-order valence-electron chi connectivity index (χ2n) is 4.59. The first-order chi connectivity index (χ1) is 9.93. The maximum Gasteiger partial charge on any atom is 0.328 e. The van der Waals surface area contributed by atoms with Crippen molar-refractivity contribution in [2.75, 3.05) is 27.3 Å². The fraction of sp³-hybridized carbons (Fsp3) is 0.333. The summed E-state index contributed by atoms with van der Waals surface area (Å²) >= 11 is 0. The number of methoxy groups -OCH3 is 1. The SMILES string of the molecule is COCC(O)CN(C)C(=O)c1cccc(C=CC(=O)O)c1. The van der Waals surface area contributed by atoms with Crippen molar-refractivity contribution in [3.8, 4) is 0 Å². The highest BCUT2D eigenvalue weighted by atomic mass is 16.5. The minimum Gasteiger partial charge on any atom is -0.478 e. The normalized spacial score (nSPS) is 12.3. The predicted octanol–water partition coefficient (Wildman–Crippen LogP) is 0.864. The van der Waals surface area contributed by atoms with Crippen molar-refractivity contribution in [3.63, 3.8) is 0 Å². The van der Waals surface area contributed by atoms with E-state index in [2.05, 4.69) is 0 Å². The van der Waals surface area contributed by atoms with Crippen LogP contribution in [0.15, 0.2) is 30.3 Å². The minimum atomic E-state index is -1.05. The molecule has 0 aromatic heterocycles. The molecule has 1 atom stereocenters. The number of carboxylic acids is 1. The Morgan fingerprint density at radius 2 is 2.14 bits per heavy atom. The molecule has 0 saturated heterocycles. The van der Waals surface area contributed by atoms with Gasteiger partial charge in [0.25, 0.3) is 5.91 Å². The van der Waals surface area contributed by atoms with Crippen molar-refractivity contribution in [2.45, 2.75) is 6.10 Å². The first-order valence-electron chi connectivity index (χ1n) is 6.37. The molecule has 114 valence electrons. The summed E-state index contributed by atoms with van der Waals surface area (Å²) in [5.41, 5.74) is 1.05. The smallest absolute Gasteiger partial charge is 0.328 e. The van der Waals surface area contributed by atoms with E-state index in [1.54, 1.807) is 31.3 Å². The lowest BCUT2D eigenvalue weighted by atomic mass is 10.1. The maximum atomic E-state index is 12.2. The fourth-order valence-electron chi connectivity index (χ4n) is 1.81. The quantitative estimate of drug-likeness (QED) is 0.728. The number of likely N-dealkylation sites (N-methyl/N-ethyl adjacent to an activating group) is 1. The third-order valence-electron chi connectivity index (χ3n) is 2.74. The summed E-state index contributed by atoms with van der Waals surface area (Å²) in [5.74, 6) is -1.30. The lowest BCUT2D eigenvalue weighted by molar-refractivity contribution is -0.131. The van der Waals surface area contributed by atoms with E-state index in [0.29, 0.717) is 11.1 Å². The van der Waals surface area contributed by atoms with Crippen molar-refractivity contribution in [1.29, 1.82) is 0 Å². The molecule has 0 spiro atoms. The molecule has 0 aliphatic rings. The first-order valence-corrected chi connectivity index (χ1v) is 6.37. The summed E-state index contributed by atoms with van der Waals surface area (Å²) in [6.07, 6.45) is 1.67. The molecule has 1 rings (SSSR count). The van der Waals surface area contributed by atoms with Gasteiger partial charge < -0.3 is 19.8 Å². The van der Waals surface area contributed by atoms with E-state index in [-0.39, 0.29) is 19.1 Å². The zero-order valence-electron chi connectivity index (χ0n) is 12.0. The molecule has 0 bridgehead atoms. The molecule has 6 heteroatoms. The van der Waals surface area contributed by atoms with Crippen LogP contribution in [0.4, 0.5) is 0 Å². The van der Waals surface area contributed by atoms with Crippen LogP contribution < -0.4 is 0 Å². The van der Waals surface area contributed by atoms with Crippen molar-refractivity contribution in [3.05, 3.63) is 41.5 Å². The van der Waals surface area contributed by atoms with Crippen molar-refractivity contribution in [2.24, 2.45) is 0 Å². The molecule has 0 aliphatic carbocycles. The number of carboxylic acid groups (broad SMARTS) is 1. The Morgan fingerprint density at radius 3 is 2.76 bits per heavy atom. The van der Waals surface area contributed by atoms with Crippen LogP contribution in [-0.2, 0) is 9.53 Å². The van der Waals surface area contributed by atoms with Crippen molar-refractivity contribution < 1.29 is 24.5 Å². The number of nitrogens with zero attached hydrogens (tertiary/aromatic N) is 1. The molecular formula is C15H19NO5. The van der Waals surface area contributed by atoms with Gasteiger partial charge >= 0.3 is 5.97 Å². The Hall–Kier alpha value is -2.18. The Labute approximate surface area is 123 Å². The van der Waals surface area contributed by atoms with Crippen LogP contribution in [0.25, 0.3) is 6.08 Å². The number of aliphatic hydroxyl groups excluding tert-OH is 1. The van der Waals surface area contributed by atoms with Gasteiger partial charge in [0.2, 0.25) is 0 Å². The molecular weight excluding hydrogens is 274 g/mol. The zero-order valence-corrected chi connectivity index (χ0v) is 12.0. The number of carbonyl (C=O) groups is 2. The molecule has 0 radical (unpaired) electrons. The van der Waals surface area contributed by atoms with E-state index in [1.165, 1.54) is 18.1 Å². The summed E-state index contributed by atoms with van der Waals surface area (Å²) in [4.78, 5) is 24.1. The number of amides is 1. The van der Waals surface area contributed by atoms with Gasteiger partial charge in [-0.25, -0.2) is 4.79 Å². The third-order valence-corrected chi connectivity index (χ3v) is 2.74. The number of hydrogen-bond acceptors (Lipinski definition) is 4. The topological polar surface area (TPSA) is 87.1 Å². The van der Waals surface area contributed by atoms with Gasteiger partial charge in [0.15, 0.2) is 0 Å². The lowest BCUT2D eigenvalue weighted by Gasteiger charge is -2.20. The molecule has 0 fully saturated rings. The van der Waals surface area contributed by atoms with E-state index in [0.717, 1.165) is 6.08 Å². The summed E-state index contributed by atoms with van der Waals surface area (Å²) in [6.45, 7) is 0.306. The maximum absolute atomic E-state index is 12.2. The number of benzene rings is 1. The minimum absolute atomic E-state index is 0.152. The summed E-state index contributed by atoms with van der Waals surface area (Å²) < 4.78 is 4.81. The number of aliphatic hydroxyl groups is 1. The van der Waals surface area contributed by atoms with E-state index in [4.69, 9.17) is 9.84 Å². The van der Waals surface area contributed by atoms with Crippen LogP contribution in [0.1, 0.15) is 15.9 Å². The summed E-state index contributed by atoms with van der Waals surface area (Å²) in [6, 6.07) is 6.62. The van der Waals surface area contributed by atoms with Crippen LogP contribution in [0.2, 0.25) is 0 Å². The predicted molar refractivity (Wildman–Crippen MR) is 78.0 cm³/mol. The molecule has 21 heavy (non-hydrogen) atoms. The van der Waals surface area contributed by atoms with Crippen LogP contribution >= 0.6 is 0 Å². The zero-order chi connectivity index (χ0) is 15.8. The van der Waals surface area contributed by atoms with Gasteiger partial charge in [0.05, 0.1) is 12.7 Å². The number of rotatable bonds is 7. The first kappa shape index (κ1) is 16.9. The number of carbonyl (C=O) groups excluding carboxylic acids is 1. The molecule has 1 amide bonds. The van der Waals surface area contributed by atoms with E-state index >= 15 is 0 Å². The Bertz CT molecular complexity index is 527. The third kappa shape index (κ3) is 5.76. The molecule has 2 N–H and O–H groups in total. The largest absolute Gasteiger partial charge is 0.478 e. The molecule has 0 heterocycles.